The number of phenolic OH excluding ortho intramolecular Hbond substituents is 1. The van der Waals surface area contributed by atoms with Gasteiger partial charge in [0, 0.05) is 19.3 Å². The maximum atomic E-state index is 13.7. The smallest absolute Gasteiger partial charge is 0.256 e. The van der Waals surface area contributed by atoms with E-state index >= 15 is 0 Å². The Morgan fingerprint density at radius 3 is 2.50 bits per heavy atom. The lowest BCUT2D eigenvalue weighted by molar-refractivity contribution is 0.0780. The molecule has 5 heteroatoms. The van der Waals surface area contributed by atoms with Crippen molar-refractivity contribution in [1.29, 1.82) is 0 Å². The molecule has 0 saturated carbocycles. The third-order valence-electron chi connectivity index (χ3n) is 2.93. The van der Waals surface area contributed by atoms with E-state index in [0.29, 0.717) is 6.54 Å². The zero-order chi connectivity index (χ0) is 14.7. The quantitative estimate of drug-likeness (QED) is 0.844. The molecule has 2 aromatic carbocycles. The Labute approximate surface area is 116 Å². The lowest BCUT2D eigenvalue weighted by atomic mass is 10.1. The molecule has 0 fully saturated rings. The Morgan fingerprint density at radius 2 is 1.90 bits per heavy atom. The van der Waals surface area contributed by atoms with E-state index < -0.39 is 11.7 Å². The molecule has 0 aliphatic carbocycles. The number of hydrogen-bond donors (Lipinski definition) is 2. The second kappa shape index (κ2) is 5.61. The second-order valence-corrected chi connectivity index (χ2v) is 4.57. The lowest BCUT2D eigenvalue weighted by Crippen LogP contribution is -2.27. The van der Waals surface area contributed by atoms with Gasteiger partial charge in [-0.1, -0.05) is 12.1 Å². The number of phenols is 1. The molecule has 0 saturated heterocycles. The van der Waals surface area contributed by atoms with Crippen LogP contribution in [0.1, 0.15) is 15.9 Å². The highest BCUT2D eigenvalue weighted by Gasteiger charge is 2.16. The van der Waals surface area contributed by atoms with Gasteiger partial charge < -0.3 is 15.7 Å². The minimum absolute atomic E-state index is 0.0134. The van der Waals surface area contributed by atoms with E-state index in [-0.39, 0.29) is 17.0 Å². The first-order chi connectivity index (χ1) is 9.47. The number of hydrogen-bond acceptors (Lipinski definition) is 3. The predicted octanol–water partition coefficient (Wildman–Crippen LogP) is 2.39. The largest absolute Gasteiger partial charge is 0.508 e. The van der Waals surface area contributed by atoms with Gasteiger partial charge in [-0.2, -0.15) is 0 Å². The van der Waals surface area contributed by atoms with E-state index in [1.54, 1.807) is 19.2 Å². The molecular weight excluding hydrogens is 259 g/mol. The lowest BCUT2D eigenvalue weighted by Gasteiger charge is -2.18. The summed E-state index contributed by atoms with van der Waals surface area (Å²) in [6.45, 7) is 0.322. The van der Waals surface area contributed by atoms with Gasteiger partial charge in [-0.25, -0.2) is 4.39 Å². The maximum Gasteiger partial charge on any atom is 0.256 e. The maximum absolute atomic E-state index is 13.7. The van der Waals surface area contributed by atoms with Gasteiger partial charge in [0.05, 0.1) is 5.56 Å². The number of anilines is 1. The molecule has 4 nitrogen and oxygen atoms in total. The van der Waals surface area contributed by atoms with E-state index in [9.17, 15) is 14.3 Å². The molecule has 0 aliphatic heterocycles. The Morgan fingerprint density at radius 1 is 1.25 bits per heavy atom. The van der Waals surface area contributed by atoms with Crippen LogP contribution in [-0.2, 0) is 6.54 Å². The van der Waals surface area contributed by atoms with Crippen molar-refractivity contribution in [2.75, 3.05) is 12.8 Å². The van der Waals surface area contributed by atoms with Crippen LogP contribution >= 0.6 is 0 Å². The third kappa shape index (κ3) is 3.06. The molecule has 0 atom stereocenters. The summed E-state index contributed by atoms with van der Waals surface area (Å²) in [6.07, 6.45) is 0. The second-order valence-electron chi connectivity index (χ2n) is 4.57. The minimum atomic E-state index is -0.632. The first-order valence-electron chi connectivity index (χ1n) is 6.06. The number of carbonyl (C=O) groups excluding carboxylic acids is 1. The van der Waals surface area contributed by atoms with Crippen LogP contribution in [0.3, 0.4) is 0 Å². The molecular formula is C15H15FN2O2. The van der Waals surface area contributed by atoms with Crippen molar-refractivity contribution in [2.45, 2.75) is 6.54 Å². The summed E-state index contributed by atoms with van der Waals surface area (Å²) in [4.78, 5) is 13.5. The molecule has 3 N–H and O–H groups in total. The van der Waals surface area contributed by atoms with Crippen LogP contribution in [0.4, 0.5) is 10.1 Å². The van der Waals surface area contributed by atoms with Gasteiger partial charge in [0.25, 0.3) is 5.91 Å². The van der Waals surface area contributed by atoms with E-state index in [4.69, 9.17) is 5.73 Å². The number of nitrogen functional groups attached to an aromatic ring is 1. The fraction of sp³-hybridized carbons (Fsp3) is 0.133. The van der Waals surface area contributed by atoms with Crippen molar-refractivity contribution in [3.05, 3.63) is 59.4 Å². The number of carbonyl (C=O) groups is 1. The van der Waals surface area contributed by atoms with Crippen LogP contribution in [0.25, 0.3) is 0 Å². The molecule has 0 bridgehead atoms. The van der Waals surface area contributed by atoms with Crippen LogP contribution < -0.4 is 5.73 Å². The van der Waals surface area contributed by atoms with Gasteiger partial charge >= 0.3 is 0 Å². The molecule has 0 radical (unpaired) electrons. The number of nitrogens with two attached hydrogens (primary N) is 1. The van der Waals surface area contributed by atoms with Gasteiger partial charge in [0.1, 0.15) is 11.6 Å². The SMILES string of the molecule is CN(Cc1ccc(O)cc1)C(=O)c1ccc(N)cc1F. The van der Waals surface area contributed by atoms with Gasteiger partial charge in [0.15, 0.2) is 0 Å². The monoisotopic (exact) mass is 274 g/mol. The molecule has 2 aromatic rings. The Bertz CT molecular complexity index is 626. The Hall–Kier alpha value is -2.56. The normalized spacial score (nSPS) is 10.3. The number of halogens is 1. The van der Waals surface area contributed by atoms with Gasteiger partial charge in [0.2, 0.25) is 0 Å². The van der Waals surface area contributed by atoms with Crippen molar-refractivity contribution in [3.8, 4) is 5.75 Å². The fourth-order valence-corrected chi connectivity index (χ4v) is 1.86. The Balaban J connectivity index is 2.14. The molecule has 0 aromatic heterocycles. The average Bonchev–Trinajstić information content (AvgIpc) is 2.40. The molecule has 20 heavy (non-hydrogen) atoms. The first kappa shape index (κ1) is 13.9. The zero-order valence-corrected chi connectivity index (χ0v) is 11.0. The summed E-state index contributed by atoms with van der Waals surface area (Å²) in [6, 6.07) is 10.5. The van der Waals surface area contributed by atoms with E-state index in [1.165, 1.54) is 29.2 Å². The molecule has 0 heterocycles. The summed E-state index contributed by atoms with van der Waals surface area (Å²) in [7, 11) is 1.59. The summed E-state index contributed by atoms with van der Waals surface area (Å²) in [5, 5.41) is 9.20. The highest BCUT2D eigenvalue weighted by Crippen LogP contribution is 2.16. The van der Waals surface area contributed by atoms with Crippen LogP contribution in [-0.4, -0.2) is 23.0 Å². The molecule has 2 rings (SSSR count). The number of benzene rings is 2. The number of nitrogens with zero attached hydrogens (tertiary/aromatic N) is 1. The van der Waals surface area contributed by atoms with Crippen LogP contribution in [0, 0.1) is 5.82 Å². The molecule has 0 aliphatic rings. The third-order valence-corrected chi connectivity index (χ3v) is 2.93. The zero-order valence-electron chi connectivity index (χ0n) is 11.0. The molecule has 0 unspecified atom stereocenters. The van der Waals surface area contributed by atoms with E-state index in [0.717, 1.165) is 11.6 Å². The number of rotatable bonds is 3. The highest BCUT2D eigenvalue weighted by atomic mass is 19.1. The van der Waals surface area contributed by atoms with Crippen molar-refractivity contribution in [1.82, 2.24) is 4.90 Å². The van der Waals surface area contributed by atoms with Crippen molar-refractivity contribution in [3.63, 3.8) is 0 Å². The van der Waals surface area contributed by atoms with Crippen LogP contribution in [0.5, 0.6) is 5.75 Å². The summed E-state index contributed by atoms with van der Waals surface area (Å²) in [5.74, 6) is -0.893. The average molecular weight is 274 g/mol. The number of amides is 1. The van der Waals surface area contributed by atoms with Crippen LogP contribution in [0.2, 0.25) is 0 Å². The summed E-state index contributed by atoms with van der Waals surface area (Å²) < 4.78 is 13.7. The van der Waals surface area contributed by atoms with Crippen molar-refractivity contribution >= 4 is 11.6 Å². The highest BCUT2D eigenvalue weighted by molar-refractivity contribution is 5.94. The summed E-state index contributed by atoms with van der Waals surface area (Å²) >= 11 is 0. The van der Waals surface area contributed by atoms with E-state index in [2.05, 4.69) is 0 Å². The van der Waals surface area contributed by atoms with Crippen molar-refractivity contribution in [2.24, 2.45) is 0 Å². The standard InChI is InChI=1S/C15H15FN2O2/c1-18(9-10-2-5-12(19)6-3-10)15(20)13-7-4-11(17)8-14(13)16/h2-8,19H,9,17H2,1H3. The van der Waals surface area contributed by atoms with Crippen molar-refractivity contribution < 1.29 is 14.3 Å². The van der Waals surface area contributed by atoms with Gasteiger partial charge in [-0.3, -0.25) is 4.79 Å². The summed E-state index contributed by atoms with van der Waals surface area (Å²) in [5.41, 5.74) is 6.56. The number of aromatic hydroxyl groups is 1. The van der Waals surface area contributed by atoms with Gasteiger partial charge in [-0.05, 0) is 35.9 Å². The predicted molar refractivity (Wildman–Crippen MR) is 74.7 cm³/mol. The first-order valence-corrected chi connectivity index (χ1v) is 6.06. The van der Waals surface area contributed by atoms with E-state index in [1.807, 2.05) is 0 Å². The topological polar surface area (TPSA) is 66.6 Å². The Kier molecular flexibility index (Phi) is 3.89. The molecule has 0 spiro atoms. The fourth-order valence-electron chi connectivity index (χ4n) is 1.86. The van der Waals surface area contributed by atoms with Gasteiger partial charge in [-0.15, -0.1) is 0 Å². The minimum Gasteiger partial charge on any atom is -0.508 e. The molecule has 1 amide bonds. The van der Waals surface area contributed by atoms with Crippen LogP contribution in [0.15, 0.2) is 42.5 Å². The molecule has 104 valence electrons.